The summed E-state index contributed by atoms with van der Waals surface area (Å²) in [6.45, 7) is 3.63. The first-order valence-electron chi connectivity index (χ1n) is 4.11. The van der Waals surface area contributed by atoms with E-state index in [0.717, 1.165) is 6.42 Å². The van der Waals surface area contributed by atoms with E-state index in [1.165, 1.54) is 0 Å². The molecule has 0 aromatic carbocycles. The Bertz CT molecular complexity index is 175. The van der Waals surface area contributed by atoms with E-state index in [2.05, 4.69) is 0 Å². The van der Waals surface area contributed by atoms with E-state index in [1.807, 2.05) is 6.92 Å². The number of carbonyl (C=O) groups excluding carboxylic acids is 2. The molecule has 4 heteroatoms. The minimum absolute atomic E-state index is 0.380. The van der Waals surface area contributed by atoms with E-state index in [1.54, 1.807) is 6.92 Å². The van der Waals surface area contributed by atoms with Crippen molar-refractivity contribution in [3.05, 3.63) is 0 Å². The van der Waals surface area contributed by atoms with Crippen LogP contribution in [0.3, 0.4) is 0 Å². The van der Waals surface area contributed by atoms with Crippen LogP contribution in [0.2, 0.25) is 0 Å². The molecule has 4 N–H and O–H groups in total. The van der Waals surface area contributed by atoms with Crippen molar-refractivity contribution in [1.29, 1.82) is 0 Å². The van der Waals surface area contributed by atoms with Crippen molar-refractivity contribution in [1.82, 2.24) is 0 Å². The van der Waals surface area contributed by atoms with Gasteiger partial charge in [0.25, 0.3) is 0 Å². The summed E-state index contributed by atoms with van der Waals surface area (Å²) >= 11 is 0. The minimum Gasteiger partial charge on any atom is -0.369 e. The van der Waals surface area contributed by atoms with Gasteiger partial charge in [-0.15, -0.1) is 0 Å². The highest BCUT2D eigenvalue weighted by atomic mass is 16.2. The topological polar surface area (TPSA) is 86.2 Å². The van der Waals surface area contributed by atoms with Crippen LogP contribution in [0.15, 0.2) is 0 Å². The Morgan fingerprint density at radius 2 is 1.58 bits per heavy atom. The average Bonchev–Trinajstić information content (AvgIpc) is 1.98. The van der Waals surface area contributed by atoms with Gasteiger partial charge in [-0.2, -0.15) is 0 Å². The van der Waals surface area contributed by atoms with E-state index in [0.29, 0.717) is 12.8 Å². The zero-order chi connectivity index (χ0) is 9.78. The summed E-state index contributed by atoms with van der Waals surface area (Å²) in [5, 5.41) is 0. The lowest BCUT2D eigenvalue weighted by Crippen LogP contribution is -2.47. The molecule has 0 aliphatic rings. The van der Waals surface area contributed by atoms with E-state index in [4.69, 9.17) is 11.5 Å². The predicted molar refractivity (Wildman–Crippen MR) is 46.0 cm³/mol. The molecule has 0 spiro atoms. The maximum atomic E-state index is 11.0. The molecule has 0 radical (unpaired) electrons. The minimum atomic E-state index is -1.13. The van der Waals surface area contributed by atoms with Gasteiger partial charge in [0, 0.05) is 0 Å². The maximum absolute atomic E-state index is 11.0. The highest BCUT2D eigenvalue weighted by Gasteiger charge is 2.39. The fourth-order valence-corrected chi connectivity index (χ4v) is 1.32. The highest BCUT2D eigenvalue weighted by molar-refractivity contribution is 6.03. The highest BCUT2D eigenvalue weighted by Crippen LogP contribution is 2.26. The first-order chi connectivity index (χ1) is 5.51. The number of carbonyl (C=O) groups is 2. The summed E-state index contributed by atoms with van der Waals surface area (Å²) in [5.74, 6) is -1.22. The van der Waals surface area contributed by atoms with Crippen LogP contribution in [0.4, 0.5) is 0 Å². The van der Waals surface area contributed by atoms with Crippen LogP contribution in [0.25, 0.3) is 0 Å². The third-order valence-electron chi connectivity index (χ3n) is 2.22. The second-order valence-corrected chi connectivity index (χ2v) is 2.91. The van der Waals surface area contributed by atoms with Gasteiger partial charge in [0.15, 0.2) is 0 Å². The molecule has 0 heterocycles. The van der Waals surface area contributed by atoms with Crippen LogP contribution in [0, 0.1) is 5.41 Å². The monoisotopic (exact) mass is 172 g/mol. The van der Waals surface area contributed by atoms with Crippen molar-refractivity contribution in [2.24, 2.45) is 16.9 Å². The summed E-state index contributed by atoms with van der Waals surface area (Å²) in [6.07, 6.45) is 1.54. The van der Waals surface area contributed by atoms with Crippen molar-refractivity contribution in [3.63, 3.8) is 0 Å². The van der Waals surface area contributed by atoms with Crippen LogP contribution in [-0.2, 0) is 9.59 Å². The van der Waals surface area contributed by atoms with Crippen molar-refractivity contribution in [3.8, 4) is 0 Å². The smallest absolute Gasteiger partial charge is 0.233 e. The van der Waals surface area contributed by atoms with E-state index in [9.17, 15) is 9.59 Å². The Morgan fingerprint density at radius 1 is 1.17 bits per heavy atom. The molecule has 0 saturated carbocycles. The van der Waals surface area contributed by atoms with E-state index in [-0.39, 0.29) is 0 Å². The molecule has 0 aromatic heterocycles. The molecule has 70 valence electrons. The Kier molecular flexibility index (Phi) is 3.73. The van der Waals surface area contributed by atoms with Crippen LogP contribution < -0.4 is 11.5 Å². The standard InChI is InChI=1S/C8H16N2O2/c1-3-5-8(4-2,6(9)11)7(10)12/h3-5H2,1-2H3,(H2,9,11)(H2,10,12). The normalized spacial score (nSPS) is 11.2. The number of rotatable bonds is 5. The zero-order valence-corrected chi connectivity index (χ0v) is 7.59. The molecule has 0 saturated heterocycles. The van der Waals surface area contributed by atoms with Gasteiger partial charge in [-0.05, 0) is 12.8 Å². The van der Waals surface area contributed by atoms with Gasteiger partial charge in [-0.1, -0.05) is 20.3 Å². The third-order valence-corrected chi connectivity index (χ3v) is 2.22. The molecule has 0 atom stereocenters. The molecule has 2 amide bonds. The SMILES string of the molecule is CCCC(CC)(C(N)=O)C(N)=O. The Balaban J connectivity index is 4.76. The molecule has 0 bridgehead atoms. The quantitative estimate of drug-likeness (QED) is 0.578. The fourth-order valence-electron chi connectivity index (χ4n) is 1.32. The number of nitrogens with two attached hydrogens (primary N) is 2. The van der Waals surface area contributed by atoms with Crippen LogP contribution >= 0.6 is 0 Å². The average molecular weight is 172 g/mol. The van der Waals surface area contributed by atoms with E-state index >= 15 is 0 Å². The van der Waals surface area contributed by atoms with Crippen molar-refractivity contribution in [2.75, 3.05) is 0 Å². The second-order valence-electron chi connectivity index (χ2n) is 2.91. The van der Waals surface area contributed by atoms with Gasteiger partial charge in [-0.3, -0.25) is 9.59 Å². The van der Waals surface area contributed by atoms with Gasteiger partial charge >= 0.3 is 0 Å². The lowest BCUT2D eigenvalue weighted by atomic mass is 9.79. The first kappa shape index (κ1) is 10.9. The molecule has 0 rings (SSSR count). The lowest BCUT2D eigenvalue weighted by Gasteiger charge is -2.24. The van der Waals surface area contributed by atoms with Gasteiger partial charge in [0.2, 0.25) is 11.8 Å². The summed E-state index contributed by atoms with van der Waals surface area (Å²) in [7, 11) is 0. The molecule has 0 fully saturated rings. The van der Waals surface area contributed by atoms with Crippen LogP contribution in [0.5, 0.6) is 0 Å². The Labute approximate surface area is 72.3 Å². The molecular weight excluding hydrogens is 156 g/mol. The predicted octanol–water partition coefficient (Wildman–Crippen LogP) is 0.153. The molecule has 0 aromatic rings. The molecule has 0 aliphatic carbocycles. The van der Waals surface area contributed by atoms with E-state index < -0.39 is 17.2 Å². The van der Waals surface area contributed by atoms with Crippen LogP contribution in [-0.4, -0.2) is 11.8 Å². The number of amides is 2. The first-order valence-corrected chi connectivity index (χ1v) is 4.11. The third kappa shape index (κ3) is 1.75. The lowest BCUT2D eigenvalue weighted by molar-refractivity contribution is -0.140. The Morgan fingerprint density at radius 3 is 1.67 bits per heavy atom. The van der Waals surface area contributed by atoms with Crippen LogP contribution in [0.1, 0.15) is 33.1 Å². The summed E-state index contributed by atoms with van der Waals surface area (Å²) in [4.78, 5) is 22.0. The summed E-state index contributed by atoms with van der Waals surface area (Å²) in [6, 6.07) is 0. The molecule has 0 aliphatic heterocycles. The van der Waals surface area contributed by atoms with Crippen molar-refractivity contribution < 1.29 is 9.59 Å². The Hall–Kier alpha value is -1.06. The van der Waals surface area contributed by atoms with Gasteiger partial charge in [0.05, 0.1) is 0 Å². The van der Waals surface area contributed by atoms with Gasteiger partial charge in [-0.25, -0.2) is 0 Å². The molecule has 0 unspecified atom stereocenters. The molecular formula is C8H16N2O2. The van der Waals surface area contributed by atoms with Crippen molar-refractivity contribution in [2.45, 2.75) is 33.1 Å². The van der Waals surface area contributed by atoms with Gasteiger partial charge < -0.3 is 11.5 Å². The summed E-state index contributed by atoms with van der Waals surface area (Å²) < 4.78 is 0. The fraction of sp³-hybridized carbons (Fsp3) is 0.750. The maximum Gasteiger partial charge on any atom is 0.233 e. The number of primary amides is 2. The number of hydrogen-bond acceptors (Lipinski definition) is 2. The largest absolute Gasteiger partial charge is 0.369 e. The molecule has 4 nitrogen and oxygen atoms in total. The van der Waals surface area contributed by atoms with Gasteiger partial charge in [0.1, 0.15) is 5.41 Å². The van der Waals surface area contributed by atoms with Crippen molar-refractivity contribution >= 4 is 11.8 Å². The number of hydrogen-bond donors (Lipinski definition) is 2. The summed E-state index contributed by atoms with van der Waals surface area (Å²) in [5.41, 5.74) is 9.13. The zero-order valence-electron chi connectivity index (χ0n) is 7.59. The second kappa shape index (κ2) is 4.09. The molecule has 12 heavy (non-hydrogen) atoms.